The number of hydrogen-bond acceptors (Lipinski definition) is 5. The van der Waals surface area contributed by atoms with E-state index in [1.807, 2.05) is 6.92 Å². The van der Waals surface area contributed by atoms with Crippen LogP contribution in [-0.2, 0) is 11.3 Å². The molecule has 1 atom stereocenters. The molecular formula is C13H22ClN3O3. The van der Waals surface area contributed by atoms with Crippen LogP contribution in [0.3, 0.4) is 0 Å². The largest absolute Gasteiger partial charge is 0.391 e. The first kappa shape index (κ1) is 16.9. The van der Waals surface area contributed by atoms with E-state index < -0.39 is 6.10 Å². The fraction of sp³-hybridized carbons (Fsp3) is 0.692. The molecule has 0 aliphatic carbocycles. The second-order valence-corrected chi connectivity index (χ2v) is 4.96. The van der Waals surface area contributed by atoms with E-state index in [0.717, 1.165) is 12.8 Å². The van der Waals surface area contributed by atoms with Crippen LogP contribution in [0.15, 0.2) is 11.0 Å². The SMILES string of the molecule is CCCCn1ncc(NCCC(O)COC)c(Cl)c1=O. The lowest BCUT2D eigenvalue weighted by Crippen LogP contribution is -2.25. The number of halogens is 1. The zero-order chi connectivity index (χ0) is 15.0. The molecule has 1 heterocycles. The maximum atomic E-state index is 12.0. The summed E-state index contributed by atoms with van der Waals surface area (Å²) < 4.78 is 6.20. The Labute approximate surface area is 123 Å². The Bertz CT molecular complexity index is 465. The topological polar surface area (TPSA) is 76.4 Å². The van der Waals surface area contributed by atoms with Crippen LogP contribution in [-0.4, -0.2) is 41.3 Å². The van der Waals surface area contributed by atoms with Crippen molar-refractivity contribution < 1.29 is 9.84 Å². The number of unbranched alkanes of at least 4 members (excludes halogenated alkanes) is 1. The van der Waals surface area contributed by atoms with Gasteiger partial charge >= 0.3 is 0 Å². The zero-order valence-corrected chi connectivity index (χ0v) is 12.7. The first-order chi connectivity index (χ1) is 9.60. The van der Waals surface area contributed by atoms with Crippen LogP contribution in [0.2, 0.25) is 5.02 Å². The fourth-order valence-electron chi connectivity index (χ4n) is 1.70. The highest BCUT2D eigenvalue weighted by molar-refractivity contribution is 6.32. The summed E-state index contributed by atoms with van der Waals surface area (Å²) in [6, 6.07) is 0. The molecule has 2 N–H and O–H groups in total. The van der Waals surface area contributed by atoms with E-state index in [4.69, 9.17) is 16.3 Å². The van der Waals surface area contributed by atoms with Crippen molar-refractivity contribution in [3.8, 4) is 0 Å². The summed E-state index contributed by atoms with van der Waals surface area (Å²) in [6.45, 7) is 3.40. The number of nitrogens with one attached hydrogen (secondary N) is 1. The van der Waals surface area contributed by atoms with Gasteiger partial charge in [-0.2, -0.15) is 5.10 Å². The molecule has 1 unspecified atom stereocenters. The molecule has 0 fully saturated rings. The van der Waals surface area contributed by atoms with Crippen LogP contribution in [0.1, 0.15) is 26.2 Å². The van der Waals surface area contributed by atoms with E-state index in [1.54, 1.807) is 6.20 Å². The summed E-state index contributed by atoms with van der Waals surface area (Å²) in [6.07, 6.45) is 3.39. The van der Waals surface area contributed by atoms with Crippen LogP contribution in [0.5, 0.6) is 0 Å². The van der Waals surface area contributed by atoms with Crippen molar-refractivity contribution in [1.82, 2.24) is 9.78 Å². The summed E-state index contributed by atoms with van der Waals surface area (Å²) in [5, 5.41) is 16.7. The molecule has 0 spiro atoms. The standard InChI is InChI=1S/C13H22ClN3O3/c1-3-4-7-17-13(19)12(14)11(8-16-17)15-6-5-10(18)9-20-2/h8,10,15,18H,3-7,9H2,1-2H3. The minimum Gasteiger partial charge on any atom is -0.391 e. The summed E-state index contributed by atoms with van der Waals surface area (Å²) in [7, 11) is 1.54. The fourth-order valence-corrected chi connectivity index (χ4v) is 1.92. The molecular weight excluding hydrogens is 282 g/mol. The first-order valence-electron chi connectivity index (χ1n) is 6.76. The van der Waals surface area contributed by atoms with Crippen molar-refractivity contribution in [3.05, 3.63) is 21.6 Å². The van der Waals surface area contributed by atoms with Gasteiger partial charge in [0.15, 0.2) is 0 Å². The second-order valence-electron chi connectivity index (χ2n) is 4.58. The van der Waals surface area contributed by atoms with E-state index in [0.29, 0.717) is 25.2 Å². The highest BCUT2D eigenvalue weighted by Gasteiger charge is 2.09. The summed E-state index contributed by atoms with van der Waals surface area (Å²) >= 11 is 6.03. The molecule has 1 aromatic rings. The number of methoxy groups -OCH3 is 1. The highest BCUT2D eigenvalue weighted by Crippen LogP contribution is 2.15. The molecule has 0 saturated carbocycles. The van der Waals surface area contributed by atoms with Gasteiger partial charge in [0.05, 0.1) is 24.6 Å². The van der Waals surface area contributed by atoms with Gasteiger partial charge in [0.2, 0.25) is 0 Å². The minimum atomic E-state index is -0.538. The van der Waals surface area contributed by atoms with Gasteiger partial charge in [-0.1, -0.05) is 24.9 Å². The summed E-state index contributed by atoms with van der Waals surface area (Å²) in [5.74, 6) is 0. The van der Waals surface area contributed by atoms with E-state index in [-0.39, 0.29) is 17.2 Å². The summed E-state index contributed by atoms with van der Waals surface area (Å²) in [4.78, 5) is 12.0. The van der Waals surface area contributed by atoms with E-state index >= 15 is 0 Å². The van der Waals surface area contributed by atoms with Crippen molar-refractivity contribution in [2.75, 3.05) is 25.6 Å². The Balaban J connectivity index is 2.59. The number of nitrogens with zero attached hydrogens (tertiary/aromatic N) is 2. The maximum Gasteiger partial charge on any atom is 0.287 e. The third-order valence-electron chi connectivity index (χ3n) is 2.86. The van der Waals surface area contributed by atoms with Gasteiger partial charge in [-0.15, -0.1) is 0 Å². The number of aryl methyl sites for hydroxylation is 1. The van der Waals surface area contributed by atoms with Gasteiger partial charge in [0, 0.05) is 20.2 Å². The van der Waals surface area contributed by atoms with Crippen molar-refractivity contribution in [2.45, 2.75) is 38.8 Å². The average Bonchev–Trinajstić information content (AvgIpc) is 2.43. The predicted molar refractivity (Wildman–Crippen MR) is 79.4 cm³/mol. The van der Waals surface area contributed by atoms with Gasteiger partial charge in [-0.05, 0) is 12.8 Å². The number of aromatic nitrogens is 2. The van der Waals surface area contributed by atoms with Crippen molar-refractivity contribution in [2.24, 2.45) is 0 Å². The van der Waals surface area contributed by atoms with Crippen LogP contribution >= 0.6 is 11.6 Å². The zero-order valence-electron chi connectivity index (χ0n) is 11.9. The Kier molecular flexibility index (Phi) is 7.58. The lowest BCUT2D eigenvalue weighted by molar-refractivity contribution is 0.0615. The van der Waals surface area contributed by atoms with Crippen molar-refractivity contribution in [1.29, 1.82) is 0 Å². The molecule has 0 aliphatic heterocycles. The molecule has 0 aliphatic rings. The molecule has 1 aromatic heterocycles. The molecule has 20 heavy (non-hydrogen) atoms. The van der Waals surface area contributed by atoms with Crippen molar-refractivity contribution >= 4 is 17.3 Å². The third kappa shape index (κ3) is 5.11. The number of rotatable bonds is 9. The van der Waals surface area contributed by atoms with E-state index in [1.165, 1.54) is 11.8 Å². The molecule has 0 aromatic carbocycles. The first-order valence-corrected chi connectivity index (χ1v) is 7.14. The smallest absolute Gasteiger partial charge is 0.287 e. The van der Waals surface area contributed by atoms with Crippen LogP contribution in [0, 0.1) is 0 Å². The van der Waals surface area contributed by atoms with Crippen LogP contribution in [0.4, 0.5) is 5.69 Å². The van der Waals surface area contributed by atoms with Gasteiger partial charge < -0.3 is 15.2 Å². The van der Waals surface area contributed by atoms with Crippen molar-refractivity contribution in [3.63, 3.8) is 0 Å². The Morgan fingerprint density at radius 2 is 2.35 bits per heavy atom. The molecule has 0 radical (unpaired) electrons. The highest BCUT2D eigenvalue weighted by atomic mass is 35.5. The number of hydrogen-bond donors (Lipinski definition) is 2. The third-order valence-corrected chi connectivity index (χ3v) is 3.23. The van der Waals surface area contributed by atoms with Gasteiger partial charge in [0.25, 0.3) is 5.56 Å². The molecule has 7 heteroatoms. The maximum absolute atomic E-state index is 12.0. The average molecular weight is 304 g/mol. The van der Waals surface area contributed by atoms with Crippen LogP contribution in [0.25, 0.3) is 0 Å². The summed E-state index contributed by atoms with van der Waals surface area (Å²) in [5.41, 5.74) is 0.205. The lowest BCUT2D eigenvalue weighted by Gasteiger charge is -2.12. The van der Waals surface area contributed by atoms with Gasteiger partial charge in [-0.25, -0.2) is 4.68 Å². The van der Waals surface area contributed by atoms with E-state index in [9.17, 15) is 9.90 Å². The Morgan fingerprint density at radius 3 is 3.00 bits per heavy atom. The minimum absolute atomic E-state index is 0.136. The van der Waals surface area contributed by atoms with Crippen LogP contribution < -0.4 is 10.9 Å². The Morgan fingerprint density at radius 1 is 1.60 bits per heavy atom. The monoisotopic (exact) mass is 303 g/mol. The molecule has 1 rings (SSSR count). The number of aliphatic hydroxyl groups excluding tert-OH is 1. The quantitative estimate of drug-likeness (QED) is 0.723. The van der Waals surface area contributed by atoms with E-state index in [2.05, 4.69) is 10.4 Å². The second kappa shape index (κ2) is 8.94. The number of ether oxygens (including phenoxy) is 1. The lowest BCUT2D eigenvalue weighted by atomic mass is 10.2. The molecule has 0 saturated heterocycles. The Hall–Kier alpha value is -1.11. The normalized spacial score (nSPS) is 12.4. The molecule has 0 bridgehead atoms. The molecule has 114 valence electrons. The number of aliphatic hydroxyl groups is 1. The number of anilines is 1. The van der Waals surface area contributed by atoms with Gasteiger partial charge in [-0.3, -0.25) is 4.79 Å². The van der Waals surface area contributed by atoms with Gasteiger partial charge in [0.1, 0.15) is 5.02 Å². The molecule has 0 amide bonds. The predicted octanol–water partition coefficient (Wildman–Crippen LogP) is 1.51. The molecule has 6 nitrogen and oxygen atoms in total.